The first-order valence-electron chi connectivity index (χ1n) is 6.90. The SMILES string of the molecule is Cl.O=C(NC1CCCCCC1)[C@H]1CCCCN1. The molecule has 3 nitrogen and oxygen atoms in total. The number of hydrogen-bond acceptors (Lipinski definition) is 2. The molecule has 0 aromatic heterocycles. The van der Waals surface area contributed by atoms with Crippen LogP contribution in [0, 0.1) is 0 Å². The second kappa shape index (κ2) is 7.93. The molecule has 17 heavy (non-hydrogen) atoms. The van der Waals surface area contributed by atoms with Crippen LogP contribution in [0.3, 0.4) is 0 Å². The number of carbonyl (C=O) groups is 1. The second-order valence-corrected chi connectivity index (χ2v) is 5.20. The molecule has 100 valence electrons. The van der Waals surface area contributed by atoms with E-state index in [9.17, 15) is 4.79 Å². The topological polar surface area (TPSA) is 41.1 Å². The third kappa shape index (κ3) is 4.84. The average molecular weight is 261 g/mol. The van der Waals surface area contributed by atoms with Crippen molar-refractivity contribution in [3.63, 3.8) is 0 Å². The van der Waals surface area contributed by atoms with Gasteiger partial charge in [0.1, 0.15) is 0 Å². The molecule has 2 fully saturated rings. The molecular formula is C13H25ClN2O. The van der Waals surface area contributed by atoms with Crippen LogP contribution in [0.5, 0.6) is 0 Å². The first-order valence-corrected chi connectivity index (χ1v) is 6.90. The number of rotatable bonds is 2. The monoisotopic (exact) mass is 260 g/mol. The minimum atomic E-state index is 0. The summed E-state index contributed by atoms with van der Waals surface area (Å²) in [5.74, 6) is 0.242. The number of carbonyl (C=O) groups excluding carboxylic acids is 1. The van der Waals surface area contributed by atoms with E-state index in [1.54, 1.807) is 0 Å². The van der Waals surface area contributed by atoms with E-state index in [0.717, 1.165) is 13.0 Å². The number of amides is 1. The molecule has 0 unspecified atom stereocenters. The van der Waals surface area contributed by atoms with Crippen LogP contribution in [0.1, 0.15) is 57.8 Å². The maximum absolute atomic E-state index is 12.0. The van der Waals surface area contributed by atoms with E-state index >= 15 is 0 Å². The number of hydrogen-bond donors (Lipinski definition) is 2. The van der Waals surface area contributed by atoms with E-state index in [-0.39, 0.29) is 24.4 Å². The van der Waals surface area contributed by atoms with Gasteiger partial charge >= 0.3 is 0 Å². The van der Waals surface area contributed by atoms with E-state index in [1.165, 1.54) is 51.4 Å². The Kier molecular flexibility index (Phi) is 6.90. The zero-order chi connectivity index (χ0) is 11.2. The smallest absolute Gasteiger partial charge is 0.237 e. The zero-order valence-corrected chi connectivity index (χ0v) is 11.4. The summed E-state index contributed by atoms with van der Waals surface area (Å²) in [5, 5.41) is 6.54. The van der Waals surface area contributed by atoms with E-state index < -0.39 is 0 Å². The summed E-state index contributed by atoms with van der Waals surface area (Å²) in [6.07, 6.45) is 11.0. The van der Waals surface area contributed by atoms with E-state index in [4.69, 9.17) is 0 Å². The summed E-state index contributed by atoms with van der Waals surface area (Å²) in [6, 6.07) is 0.524. The lowest BCUT2D eigenvalue weighted by Crippen LogP contribution is -2.49. The summed E-state index contributed by atoms with van der Waals surface area (Å²) in [7, 11) is 0. The molecule has 1 amide bonds. The molecule has 1 saturated heterocycles. The molecule has 1 atom stereocenters. The maximum Gasteiger partial charge on any atom is 0.237 e. The summed E-state index contributed by atoms with van der Waals surface area (Å²) in [5.41, 5.74) is 0. The van der Waals surface area contributed by atoms with Gasteiger partial charge in [-0.2, -0.15) is 0 Å². The lowest BCUT2D eigenvalue weighted by Gasteiger charge is -2.25. The van der Waals surface area contributed by atoms with Crippen LogP contribution in [0.2, 0.25) is 0 Å². The van der Waals surface area contributed by atoms with Gasteiger partial charge in [0.05, 0.1) is 6.04 Å². The quantitative estimate of drug-likeness (QED) is 0.749. The van der Waals surface area contributed by atoms with Crippen molar-refractivity contribution in [2.75, 3.05) is 6.54 Å². The Balaban J connectivity index is 0.00000144. The number of piperidine rings is 1. The van der Waals surface area contributed by atoms with Crippen molar-refractivity contribution in [1.82, 2.24) is 10.6 Å². The van der Waals surface area contributed by atoms with Crippen molar-refractivity contribution < 1.29 is 4.79 Å². The van der Waals surface area contributed by atoms with Gasteiger partial charge in [0.15, 0.2) is 0 Å². The highest BCUT2D eigenvalue weighted by Crippen LogP contribution is 2.17. The Morgan fingerprint density at radius 3 is 2.18 bits per heavy atom. The fourth-order valence-electron chi connectivity index (χ4n) is 2.80. The van der Waals surface area contributed by atoms with Gasteiger partial charge in [-0.15, -0.1) is 12.4 Å². The first-order chi connectivity index (χ1) is 7.86. The van der Waals surface area contributed by atoms with Crippen molar-refractivity contribution >= 4 is 18.3 Å². The minimum absolute atomic E-state index is 0. The van der Waals surface area contributed by atoms with Gasteiger partial charge in [-0.25, -0.2) is 0 Å². The lowest BCUT2D eigenvalue weighted by atomic mass is 10.0. The number of nitrogens with one attached hydrogen (secondary N) is 2. The summed E-state index contributed by atoms with van der Waals surface area (Å²) in [6.45, 7) is 1.00. The molecule has 0 radical (unpaired) electrons. The predicted molar refractivity (Wildman–Crippen MR) is 72.5 cm³/mol. The van der Waals surface area contributed by atoms with Gasteiger partial charge < -0.3 is 10.6 Å². The molecule has 1 heterocycles. The highest BCUT2D eigenvalue weighted by Gasteiger charge is 2.23. The molecule has 2 aliphatic rings. The van der Waals surface area contributed by atoms with Crippen molar-refractivity contribution in [3.05, 3.63) is 0 Å². The molecule has 4 heteroatoms. The summed E-state index contributed by atoms with van der Waals surface area (Å²) in [4.78, 5) is 12.0. The Labute approximate surface area is 111 Å². The summed E-state index contributed by atoms with van der Waals surface area (Å²) >= 11 is 0. The van der Waals surface area contributed by atoms with Crippen LogP contribution in [0.25, 0.3) is 0 Å². The fourth-order valence-corrected chi connectivity index (χ4v) is 2.80. The predicted octanol–water partition coefficient (Wildman–Crippen LogP) is 2.39. The average Bonchev–Trinajstić information content (AvgIpc) is 2.59. The maximum atomic E-state index is 12.0. The molecule has 1 saturated carbocycles. The van der Waals surface area contributed by atoms with Crippen LogP contribution in [-0.2, 0) is 4.79 Å². The molecule has 2 N–H and O–H groups in total. The lowest BCUT2D eigenvalue weighted by molar-refractivity contribution is -0.124. The van der Waals surface area contributed by atoms with Crippen LogP contribution in [0.15, 0.2) is 0 Å². The molecule has 0 aromatic carbocycles. The molecule has 0 spiro atoms. The van der Waals surface area contributed by atoms with Gasteiger partial charge in [0, 0.05) is 6.04 Å². The highest BCUT2D eigenvalue weighted by molar-refractivity contribution is 5.85. The molecule has 2 rings (SSSR count). The molecule has 0 bridgehead atoms. The standard InChI is InChI=1S/C13H24N2O.ClH/c16-13(12-9-5-6-10-14-12)15-11-7-3-1-2-4-8-11;/h11-12,14H,1-10H2,(H,15,16);1H/t12-;/m1./s1. The van der Waals surface area contributed by atoms with Gasteiger partial charge in [-0.05, 0) is 32.2 Å². The Hall–Kier alpha value is -0.280. The second-order valence-electron chi connectivity index (χ2n) is 5.20. The first kappa shape index (κ1) is 14.8. The summed E-state index contributed by atoms with van der Waals surface area (Å²) < 4.78 is 0. The molecule has 0 aromatic rings. The third-order valence-corrected chi connectivity index (χ3v) is 3.83. The Morgan fingerprint density at radius 1 is 0.941 bits per heavy atom. The zero-order valence-electron chi connectivity index (χ0n) is 10.5. The van der Waals surface area contributed by atoms with Crippen LogP contribution < -0.4 is 10.6 Å². The third-order valence-electron chi connectivity index (χ3n) is 3.83. The normalized spacial score (nSPS) is 26.7. The van der Waals surface area contributed by atoms with Crippen molar-refractivity contribution in [1.29, 1.82) is 0 Å². The van der Waals surface area contributed by atoms with Crippen molar-refractivity contribution in [3.8, 4) is 0 Å². The van der Waals surface area contributed by atoms with E-state index in [0.29, 0.717) is 6.04 Å². The van der Waals surface area contributed by atoms with Crippen molar-refractivity contribution in [2.45, 2.75) is 69.9 Å². The van der Waals surface area contributed by atoms with Crippen LogP contribution in [0.4, 0.5) is 0 Å². The Bertz CT molecular complexity index is 221. The van der Waals surface area contributed by atoms with E-state index in [2.05, 4.69) is 10.6 Å². The number of halogens is 1. The van der Waals surface area contributed by atoms with Gasteiger partial charge in [-0.3, -0.25) is 4.79 Å². The molecular weight excluding hydrogens is 236 g/mol. The van der Waals surface area contributed by atoms with Crippen molar-refractivity contribution in [2.24, 2.45) is 0 Å². The van der Waals surface area contributed by atoms with Crippen LogP contribution >= 0.6 is 12.4 Å². The molecule has 1 aliphatic heterocycles. The van der Waals surface area contributed by atoms with Gasteiger partial charge in [-0.1, -0.05) is 32.1 Å². The Morgan fingerprint density at radius 2 is 1.59 bits per heavy atom. The van der Waals surface area contributed by atoms with Gasteiger partial charge in [0.25, 0.3) is 0 Å². The fraction of sp³-hybridized carbons (Fsp3) is 0.923. The minimum Gasteiger partial charge on any atom is -0.352 e. The van der Waals surface area contributed by atoms with Crippen LogP contribution in [-0.4, -0.2) is 24.5 Å². The molecule has 1 aliphatic carbocycles. The highest BCUT2D eigenvalue weighted by atomic mass is 35.5. The largest absolute Gasteiger partial charge is 0.352 e. The van der Waals surface area contributed by atoms with Gasteiger partial charge in [0.2, 0.25) is 5.91 Å². The van der Waals surface area contributed by atoms with E-state index in [1.807, 2.05) is 0 Å².